The quantitative estimate of drug-likeness (QED) is 0.418. The Kier molecular flexibility index (Phi) is 4.03. The van der Waals surface area contributed by atoms with Gasteiger partial charge in [-0.05, 0) is 18.4 Å². The van der Waals surface area contributed by atoms with E-state index in [1.54, 1.807) is 11.0 Å². The molecule has 0 saturated carbocycles. The topological polar surface area (TPSA) is 65.7 Å². The molecule has 6 nitrogen and oxygen atoms in total. The lowest BCUT2D eigenvalue weighted by molar-refractivity contribution is 0.419. The number of nitrogens with zero attached hydrogens (tertiary/aromatic N) is 5. The third-order valence-corrected chi connectivity index (χ3v) is 3.26. The minimum atomic E-state index is 0.195. The first-order valence-electron chi connectivity index (χ1n) is 5.98. The van der Waals surface area contributed by atoms with E-state index >= 15 is 0 Å². The highest BCUT2D eigenvalue weighted by atomic mass is 35.5. The summed E-state index contributed by atoms with van der Waals surface area (Å²) in [5.74, 6) is 0.310. The lowest BCUT2D eigenvalue weighted by Crippen LogP contribution is -1.96. The number of hydrogen-bond donors (Lipinski definition) is 0. The van der Waals surface area contributed by atoms with Crippen LogP contribution in [0.25, 0.3) is 5.69 Å². The molecule has 3 rings (SSSR count). The molecule has 0 fully saturated rings. The Morgan fingerprint density at radius 3 is 2.76 bits per heavy atom. The largest absolute Gasteiger partial charge is 0.404 e. The van der Waals surface area contributed by atoms with Crippen LogP contribution in [0.2, 0.25) is 5.15 Å². The molecule has 0 N–H and O–H groups in total. The molecular formula is C13H10ClN5OS. The lowest BCUT2D eigenvalue weighted by atomic mass is 10.3. The van der Waals surface area contributed by atoms with Gasteiger partial charge in [-0.15, -0.1) is 5.10 Å². The van der Waals surface area contributed by atoms with Crippen molar-refractivity contribution in [3.05, 3.63) is 47.9 Å². The first-order chi connectivity index (χ1) is 10.2. The molecule has 0 aliphatic rings. The van der Waals surface area contributed by atoms with Gasteiger partial charge in [0.2, 0.25) is 5.88 Å². The molecule has 3 aromatic rings. The third-order valence-electron chi connectivity index (χ3n) is 2.52. The number of hydrogen-bond acceptors (Lipinski definition) is 6. The van der Waals surface area contributed by atoms with E-state index in [0.29, 0.717) is 16.2 Å². The fourth-order valence-corrected chi connectivity index (χ4v) is 2.21. The van der Waals surface area contributed by atoms with E-state index in [2.05, 4.69) is 20.1 Å². The van der Waals surface area contributed by atoms with Crippen LogP contribution in [0.5, 0.6) is 11.9 Å². The summed E-state index contributed by atoms with van der Waals surface area (Å²) in [5.41, 5.74) is 0.894. The monoisotopic (exact) mass is 319 g/mol. The Balaban J connectivity index is 1.83. The Morgan fingerprint density at radius 2 is 2.00 bits per heavy atom. The van der Waals surface area contributed by atoms with Gasteiger partial charge in [-0.1, -0.05) is 41.6 Å². The summed E-state index contributed by atoms with van der Waals surface area (Å²) in [4.78, 5) is 12.3. The van der Waals surface area contributed by atoms with Gasteiger partial charge in [0.1, 0.15) is 11.5 Å². The molecule has 0 amide bonds. The standard InChI is InChI=1S/C13H10ClN5OS/c1-21-13-16-10(14)7-11(17-13)20-12-15-8-19(18-12)9-5-3-2-4-6-9/h2-8H,1H3. The summed E-state index contributed by atoms with van der Waals surface area (Å²) in [6.45, 7) is 0. The van der Waals surface area contributed by atoms with Gasteiger partial charge in [0, 0.05) is 6.07 Å². The Morgan fingerprint density at radius 1 is 1.19 bits per heavy atom. The van der Waals surface area contributed by atoms with Crippen LogP contribution in [-0.4, -0.2) is 31.0 Å². The van der Waals surface area contributed by atoms with Crippen LogP contribution >= 0.6 is 23.4 Å². The highest BCUT2D eigenvalue weighted by Crippen LogP contribution is 2.22. The van der Waals surface area contributed by atoms with Crippen LogP contribution in [0.15, 0.2) is 47.9 Å². The molecule has 0 unspecified atom stereocenters. The van der Waals surface area contributed by atoms with Crippen molar-refractivity contribution >= 4 is 23.4 Å². The number of ether oxygens (including phenoxy) is 1. The minimum absolute atomic E-state index is 0.195. The number of aromatic nitrogens is 5. The summed E-state index contributed by atoms with van der Waals surface area (Å²) in [6.07, 6.45) is 3.43. The van der Waals surface area contributed by atoms with E-state index in [0.717, 1.165) is 5.69 Å². The second-order valence-electron chi connectivity index (χ2n) is 3.92. The highest BCUT2D eigenvalue weighted by Gasteiger charge is 2.08. The fourth-order valence-electron chi connectivity index (χ4n) is 1.61. The Hall–Kier alpha value is -2.12. The molecule has 0 aliphatic heterocycles. The van der Waals surface area contributed by atoms with E-state index in [9.17, 15) is 0 Å². The maximum absolute atomic E-state index is 5.91. The van der Waals surface area contributed by atoms with Crippen LogP contribution in [0.3, 0.4) is 0 Å². The smallest absolute Gasteiger partial charge is 0.342 e. The van der Waals surface area contributed by atoms with Crippen LogP contribution < -0.4 is 4.74 Å². The van der Waals surface area contributed by atoms with Crippen molar-refractivity contribution in [2.75, 3.05) is 6.26 Å². The van der Waals surface area contributed by atoms with Crippen molar-refractivity contribution in [1.82, 2.24) is 24.7 Å². The zero-order chi connectivity index (χ0) is 14.7. The average molecular weight is 320 g/mol. The zero-order valence-electron chi connectivity index (χ0n) is 11.0. The van der Waals surface area contributed by atoms with E-state index in [4.69, 9.17) is 16.3 Å². The normalized spacial score (nSPS) is 10.6. The van der Waals surface area contributed by atoms with E-state index in [-0.39, 0.29) is 6.01 Å². The molecule has 2 aromatic heterocycles. The second-order valence-corrected chi connectivity index (χ2v) is 5.09. The van der Waals surface area contributed by atoms with Gasteiger partial charge in [0.15, 0.2) is 5.16 Å². The molecule has 106 valence electrons. The van der Waals surface area contributed by atoms with Crippen molar-refractivity contribution in [3.8, 4) is 17.6 Å². The number of halogens is 1. The second kappa shape index (κ2) is 6.11. The van der Waals surface area contributed by atoms with Crippen LogP contribution in [0.1, 0.15) is 0 Å². The molecule has 0 bridgehead atoms. The van der Waals surface area contributed by atoms with Crippen molar-refractivity contribution in [3.63, 3.8) is 0 Å². The Labute approximate surface area is 130 Å². The number of thioether (sulfide) groups is 1. The number of rotatable bonds is 4. The molecule has 0 atom stereocenters. The predicted molar refractivity (Wildman–Crippen MR) is 80.3 cm³/mol. The minimum Gasteiger partial charge on any atom is -0.404 e. The van der Waals surface area contributed by atoms with Crippen molar-refractivity contribution in [1.29, 1.82) is 0 Å². The summed E-state index contributed by atoms with van der Waals surface area (Å²) >= 11 is 7.28. The van der Waals surface area contributed by atoms with Crippen LogP contribution in [-0.2, 0) is 0 Å². The van der Waals surface area contributed by atoms with Crippen molar-refractivity contribution < 1.29 is 4.74 Å². The number of benzene rings is 1. The molecule has 1 aromatic carbocycles. The molecule has 2 heterocycles. The van der Waals surface area contributed by atoms with Crippen molar-refractivity contribution in [2.45, 2.75) is 5.16 Å². The van der Waals surface area contributed by atoms with Gasteiger partial charge in [-0.3, -0.25) is 0 Å². The molecular weight excluding hydrogens is 310 g/mol. The molecule has 8 heteroatoms. The van der Waals surface area contributed by atoms with Crippen LogP contribution in [0, 0.1) is 0 Å². The zero-order valence-corrected chi connectivity index (χ0v) is 12.5. The summed E-state index contributed by atoms with van der Waals surface area (Å²) in [6, 6.07) is 11.3. The fraction of sp³-hybridized carbons (Fsp3) is 0.0769. The summed E-state index contributed by atoms with van der Waals surface area (Å²) in [7, 11) is 0. The van der Waals surface area contributed by atoms with Gasteiger partial charge in [0.05, 0.1) is 5.69 Å². The molecule has 0 saturated heterocycles. The van der Waals surface area contributed by atoms with Gasteiger partial charge in [0.25, 0.3) is 0 Å². The Bertz CT molecular complexity index is 749. The third kappa shape index (κ3) is 3.32. The summed E-state index contributed by atoms with van der Waals surface area (Å²) in [5, 5.41) is 5.07. The maximum atomic E-state index is 5.91. The van der Waals surface area contributed by atoms with Gasteiger partial charge < -0.3 is 4.74 Å². The van der Waals surface area contributed by atoms with Gasteiger partial charge in [-0.2, -0.15) is 9.97 Å². The predicted octanol–water partition coefficient (Wildman–Crippen LogP) is 3.22. The summed E-state index contributed by atoms with van der Waals surface area (Å²) < 4.78 is 7.13. The molecule has 0 aliphatic carbocycles. The van der Waals surface area contributed by atoms with E-state index in [1.165, 1.54) is 17.8 Å². The lowest BCUT2D eigenvalue weighted by Gasteiger charge is -2.02. The highest BCUT2D eigenvalue weighted by molar-refractivity contribution is 7.98. The first-order valence-corrected chi connectivity index (χ1v) is 7.58. The molecule has 0 spiro atoms. The van der Waals surface area contributed by atoms with E-state index in [1.807, 2.05) is 36.6 Å². The SMILES string of the molecule is CSc1nc(Cl)cc(Oc2ncn(-c3ccccc3)n2)n1. The molecule has 21 heavy (non-hydrogen) atoms. The molecule has 0 radical (unpaired) electrons. The first kappa shape index (κ1) is 13.8. The van der Waals surface area contributed by atoms with Crippen molar-refractivity contribution in [2.24, 2.45) is 0 Å². The van der Waals surface area contributed by atoms with Gasteiger partial charge >= 0.3 is 6.01 Å². The average Bonchev–Trinajstić information content (AvgIpc) is 2.96. The van der Waals surface area contributed by atoms with E-state index < -0.39 is 0 Å². The van der Waals surface area contributed by atoms with Crippen LogP contribution in [0.4, 0.5) is 0 Å². The van der Waals surface area contributed by atoms with Gasteiger partial charge in [-0.25, -0.2) is 9.67 Å². The maximum Gasteiger partial charge on any atom is 0.342 e. The number of para-hydroxylation sites is 1.